The molecule has 0 saturated heterocycles. The molecule has 2 N–H and O–H groups in total. The molecule has 0 atom stereocenters. The Bertz CT molecular complexity index is 538. The molecule has 7 heteroatoms. The number of rotatable bonds is 4. The van der Waals surface area contributed by atoms with Gasteiger partial charge in [0, 0.05) is 11.6 Å². The van der Waals surface area contributed by atoms with Crippen molar-refractivity contribution in [3.05, 3.63) is 27.9 Å². The fourth-order valence-corrected chi connectivity index (χ4v) is 2.55. The van der Waals surface area contributed by atoms with Crippen LogP contribution in [0.2, 0.25) is 0 Å². The topological polar surface area (TPSA) is 105 Å². The first kappa shape index (κ1) is 14.2. The number of carbonyl (C=O) groups is 1. The number of hydrogen-bond acceptors (Lipinski definition) is 5. The summed E-state index contributed by atoms with van der Waals surface area (Å²) in [6.45, 7) is 1.99. The largest absolute Gasteiger partial charge is 0.477 e. The zero-order chi connectivity index (χ0) is 14.8. The molecular formula is C13H17N3O4. The number of hydrogen-bond donors (Lipinski definition) is 2. The van der Waals surface area contributed by atoms with Crippen LogP contribution in [0.5, 0.6) is 0 Å². The maximum absolute atomic E-state index is 11.0. The van der Waals surface area contributed by atoms with E-state index in [0.29, 0.717) is 0 Å². The molecule has 7 nitrogen and oxygen atoms in total. The lowest BCUT2D eigenvalue weighted by atomic mass is 9.83. The van der Waals surface area contributed by atoms with E-state index in [1.165, 1.54) is 6.07 Å². The third-order valence-electron chi connectivity index (χ3n) is 3.67. The highest BCUT2D eigenvalue weighted by atomic mass is 16.6. The molecule has 1 heterocycles. The van der Waals surface area contributed by atoms with E-state index in [2.05, 4.69) is 10.3 Å². The normalized spacial score (nSPS) is 17.4. The molecule has 108 valence electrons. The summed E-state index contributed by atoms with van der Waals surface area (Å²) in [5.41, 5.74) is -0.660. The van der Waals surface area contributed by atoms with E-state index in [9.17, 15) is 14.9 Å². The third-order valence-corrected chi connectivity index (χ3v) is 3.67. The molecule has 20 heavy (non-hydrogen) atoms. The minimum atomic E-state index is -1.20. The molecule has 1 aliphatic rings. The summed E-state index contributed by atoms with van der Waals surface area (Å²) in [7, 11) is 0. The van der Waals surface area contributed by atoms with Gasteiger partial charge in [-0.15, -0.1) is 0 Å². The Hall–Kier alpha value is -2.18. The number of aromatic nitrogens is 1. The second kappa shape index (κ2) is 5.44. The number of nitrogens with zero attached hydrogens (tertiary/aromatic N) is 2. The first-order valence-corrected chi connectivity index (χ1v) is 6.58. The predicted octanol–water partition coefficient (Wildman–Crippen LogP) is 2.82. The van der Waals surface area contributed by atoms with Gasteiger partial charge in [-0.3, -0.25) is 10.1 Å². The van der Waals surface area contributed by atoms with E-state index in [-0.39, 0.29) is 22.7 Å². The van der Waals surface area contributed by atoms with Crippen molar-refractivity contribution >= 4 is 17.5 Å². The number of nitrogens with one attached hydrogen (secondary N) is 1. The molecule has 0 bridgehead atoms. The van der Waals surface area contributed by atoms with Crippen molar-refractivity contribution in [3.63, 3.8) is 0 Å². The van der Waals surface area contributed by atoms with Crippen LogP contribution in [0.25, 0.3) is 0 Å². The van der Waals surface area contributed by atoms with Crippen molar-refractivity contribution in [1.82, 2.24) is 4.98 Å². The average molecular weight is 279 g/mol. The molecule has 1 aromatic heterocycles. The van der Waals surface area contributed by atoms with Gasteiger partial charge in [0.05, 0.1) is 4.92 Å². The van der Waals surface area contributed by atoms with Gasteiger partial charge in [-0.25, -0.2) is 9.78 Å². The van der Waals surface area contributed by atoms with Crippen LogP contribution in [0.15, 0.2) is 12.1 Å². The molecule has 1 fully saturated rings. The summed E-state index contributed by atoms with van der Waals surface area (Å²) >= 11 is 0. The second-order valence-electron chi connectivity index (χ2n) is 5.37. The van der Waals surface area contributed by atoms with Gasteiger partial charge < -0.3 is 10.4 Å². The van der Waals surface area contributed by atoms with Crippen LogP contribution in [0.1, 0.15) is 49.5 Å². The molecule has 0 radical (unpaired) electrons. The van der Waals surface area contributed by atoms with Crippen LogP contribution in [0.3, 0.4) is 0 Å². The summed E-state index contributed by atoms with van der Waals surface area (Å²) in [5.74, 6) is -1.16. The molecule has 0 unspecified atom stereocenters. The number of aromatic carboxylic acids is 1. The molecular weight excluding hydrogens is 262 g/mol. The Morgan fingerprint density at radius 3 is 2.60 bits per heavy atom. The van der Waals surface area contributed by atoms with Crippen LogP contribution < -0.4 is 5.32 Å². The monoisotopic (exact) mass is 279 g/mol. The van der Waals surface area contributed by atoms with Crippen molar-refractivity contribution in [1.29, 1.82) is 0 Å². The summed E-state index contributed by atoms with van der Waals surface area (Å²) < 4.78 is 0. The van der Waals surface area contributed by atoms with Crippen molar-refractivity contribution in [3.8, 4) is 0 Å². The van der Waals surface area contributed by atoms with Gasteiger partial charge in [0.25, 0.3) is 0 Å². The number of anilines is 1. The van der Waals surface area contributed by atoms with Gasteiger partial charge >= 0.3 is 11.7 Å². The van der Waals surface area contributed by atoms with E-state index in [1.807, 2.05) is 6.92 Å². The van der Waals surface area contributed by atoms with E-state index in [4.69, 9.17) is 5.11 Å². The first-order chi connectivity index (χ1) is 9.41. The van der Waals surface area contributed by atoms with Gasteiger partial charge in [-0.05, 0) is 25.8 Å². The Morgan fingerprint density at radius 2 is 2.05 bits per heavy atom. The molecule has 0 aromatic carbocycles. The number of nitro groups is 1. The van der Waals surface area contributed by atoms with Gasteiger partial charge in [0.1, 0.15) is 0 Å². The molecule has 0 spiro atoms. The van der Waals surface area contributed by atoms with E-state index < -0.39 is 10.9 Å². The molecule has 1 aliphatic carbocycles. The van der Waals surface area contributed by atoms with Gasteiger partial charge in [0.15, 0.2) is 5.69 Å². The minimum Gasteiger partial charge on any atom is -0.477 e. The summed E-state index contributed by atoms with van der Waals surface area (Å²) in [5, 5.41) is 23.1. The summed E-state index contributed by atoms with van der Waals surface area (Å²) in [4.78, 5) is 25.3. The van der Waals surface area contributed by atoms with Crippen LogP contribution >= 0.6 is 0 Å². The predicted molar refractivity (Wildman–Crippen MR) is 73.0 cm³/mol. The quantitative estimate of drug-likeness (QED) is 0.648. The van der Waals surface area contributed by atoms with Gasteiger partial charge in [-0.1, -0.05) is 19.3 Å². The van der Waals surface area contributed by atoms with Crippen LogP contribution in [0.4, 0.5) is 11.5 Å². The number of pyridine rings is 1. The standard InChI is InChI=1S/C13H17N3O4/c1-13(7-3-2-4-8-13)15-11-10(16(19)20)6-5-9(14-11)12(17)18/h5-6H,2-4,7-8H2,1H3,(H,14,15)(H,17,18). The highest BCUT2D eigenvalue weighted by Gasteiger charge is 2.30. The fourth-order valence-electron chi connectivity index (χ4n) is 2.55. The second-order valence-corrected chi connectivity index (χ2v) is 5.37. The van der Waals surface area contributed by atoms with Crippen LogP contribution in [0, 0.1) is 10.1 Å². The van der Waals surface area contributed by atoms with Crippen molar-refractivity contribution in [2.24, 2.45) is 0 Å². The van der Waals surface area contributed by atoms with Crippen molar-refractivity contribution in [2.45, 2.75) is 44.6 Å². The van der Waals surface area contributed by atoms with Crippen molar-refractivity contribution < 1.29 is 14.8 Å². The van der Waals surface area contributed by atoms with Gasteiger partial charge in [-0.2, -0.15) is 0 Å². The minimum absolute atomic E-state index is 0.0410. The number of carboxylic acids is 1. The molecule has 1 saturated carbocycles. The lowest BCUT2D eigenvalue weighted by molar-refractivity contribution is -0.384. The lowest BCUT2D eigenvalue weighted by Gasteiger charge is -2.34. The highest BCUT2D eigenvalue weighted by Crippen LogP contribution is 2.33. The third kappa shape index (κ3) is 3.04. The summed E-state index contributed by atoms with van der Waals surface area (Å²) in [6.07, 6.45) is 5.04. The van der Waals surface area contributed by atoms with E-state index in [0.717, 1.165) is 38.2 Å². The van der Waals surface area contributed by atoms with Crippen LogP contribution in [-0.4, -0.2) is 26.5 Å². The Labute approximate surface area is 116 Å². The molecule has 2 rings (SSSR count). The van der Waals surface area contributed by atoms with Crippen molar-refractivity contribution in [2.75, 3.05) is 5.32 Å². The van der Waals surface area contributed by atoms with E-state index in [1.54, 1.807) is 0 Å². The zero-order valence-corrected chi connectivity index (χ0v) is 11.3. The zero-order valence-electron chi connectivity index (χ0n) is 11.3. The molecule has 0 aliphatic heterocycles. The fraction of sp³-hybridized carbons (Fsp3) is 0.538. The van der Waals surface area contributed by atoms with Crippen LogP contribution in [-0.2, 0) is 0 Å². The Kier molecular flexibility index (Phi) is 3.87. The maximum atomic E-state index is 11.0. The maximum Gasteiger partial charge on any atom is 0.354 e. The molecule has 0 amide bonds. The number of carboxylic acid groups (broad SMARTS) is 1. The first-order valence-electron chi connectivity index (χ1n) is 6.58. The Balaban J connectivity index is 2.34. The smallest absolute Gasteiger partial charge is 0.354 e. The van der Waals surface area contributed by atoms with E-state index >= 15 is 0 Å². The average Bonchev–Trinajstić information content (AvgIpc) is 2.38. The highest BCUT2D eigenvalue weighted by molar-refractivity contribution is 5.86. The Morgan fingerprint density at radius 1 is 1.40 bits per heavy atom. The summed E-state index contributed by atoms with van der Waals surface area (Å²) in [6, 6.07) is 2.33. The lowest BCUT2D eigenvalue weighted by Crippen LogP contribution is -2.37. The van der Waals surface area contributed by atoms with Gasteiger partial charge in [0.2, 0.25) is 5.82 Å². The molecule has 1 aromatic rings. The SMILES string of the molecule is CC1(Nc2nc(C(=O)O)ccc2[N+](=O)[O-])CCCCC1.